The lowest BCUT2D eigenvalue weighted by Gasteiger charge is -1.96. The molecule has 0 bridgehead atoms. The molecule has 0 amide bonds. The van der Waals surface area contributed by atoms with Crippen LogP contribution in [-0.2, 0) is 9.47 Å². The van der Waals surface area contributed by atoms with Gasteiger partial charge in [-0.05, 0) is 6.42 Å². The van der Waals surface area contributed by atoms with Gasteiger partial charge in [-0.2, -0.15) is 0 Å². The van der Waals surface area contributed by atoms with Crippen LogP contribution in [-0.4, -0.2) is 6.79 Å². The summed E-state index contributed by atoms with van der Waals surface area (Å²) in [6, 6.07) is 0. The maximum absolute atomic E-state index is 5.09. The van der Waals surface area contributed by atoms with Gasteiger partial charge in [0.1, 0.15) is 12.0 Å². The summed E-state index contributed by atoms with van der Waals surface area (Å²) in [5.41, 5.74) is 0. The third-order valence-electron chi connectivity index (χ3n) is 1.30. The first-order valence-electron chi connectivity index (χ1n) is 3.37. The zero-order valence-electron chi connectivity index (χ0n) is 5.72. The second-order valence-corrected chi connectivity index (χ2v) is 2.12. The zero-order valence-corrected chi connectivity index (χ0v) is 5.72. The fraction of sp³-hybridized carbons (Fsp3) is 0.714. The van der Waals surface area contributed by atoms with Crippen LogP contribution >= 0.6 is 0 Å². The van der Waals surface area contributed by atoms with E-state index in [1.165, 1.54) is 12.8 Å². The summed E-state index contributed by atoms with van der Waals surface area (Å²) in [5, 5.41) is 0. The van der Waals surface area contributed by atoms with Crippen LogP contribution in [0.3, 0.4) is 0 Å². The predicted octanol–water partition coefficient (Wildman–Crippen LogP) is 2.02. The van der Waals surface area contributed by atoms with Gasteiger partial charge in [0.05, 0.1) is 0 Å². The van der Waals surface area contributed by atoms with E-state index in [4.69, 9.17) is 9.47 Å². The van der Waals surface area contributed by atoms with Gasteiger partial charge in [-0.25, -0.2) is 0 Å². The van der Waals surface area contributed by atoms with E-state index in [2.05, 4.69) is 6.92 Å². The molecule has 1 aliphatic heterocycles. The molecule has 0 aliphatic carbocycles. The maximum atomic E-state index is 5.09. The Morgan fingerprint density at radius 2 is 2.56 bits per heavy atom. The molecule has 0 spiro atoms. The van der Waals surface area contributed by atoms with E-state index < -0.39 is 0 Å². The Morgan fingerprint density at radius 1 is 1.67 bits per heavy atom. The van der Waals surface area contributed by atoms with E-state index in [1.807, 2.05) is 0 Å². The Kier molecular flexibility index (Phi) is 2.43. The minimum atomic E-state index is 0.416. The molecular weight excluding hydrogens is 116 g/mol. The summed E-state index contributed by atoms with van der Waals surface area (Å²) >= 11 is 0. The third kappa shape index (κ3) is 1.96. The van der Waals surface area contributed by atoms with Crippen molar-refractivity contribution < 1.29 is 9.47 Å². The van der Waals surface area contributed by atoms with E-state index in [1.54, 1.807) is 6.26 Å². The highest BCUT2D eigenvalue weighted by Crippen LogP contribution is 2.13. The van der Waals surface area contributed by atoms with Crippen LogP contribution in [0.1, 0.15) is 26.2 Å². The van der Waals surface area contributed by atoms with Crippen LogP contribution in [0.2, 0.25) is 0 Å². The Morgan fingerprint density at radius 3 is 3.11 bits per heavy atom. The highest BCUT2D eigenvalue weighted by Gasteiger charge is 2.03. The average Bonchev–Trinajstić information content (AvgIpc) is 2.34. The second kappa shape index (κ2) is 3.38. The van der Waals surface area contributed by atoms with Crippen molar-refractivity contribution in [2.45, 2.75) is 26.2 Å². The molecule has 0 saturated heterocycles. The molecule has 0 aromatic carbocycles. The molecule has 9 heavy (non-hydrogen) atoms. The topological polar surface area (TPSA) is 18.5 Å². The molecule has 1 aliphatic rings. The van der Waals surface area contributed by atoms with E-state index in [0.29, 0.717) is 6.79 Å². The fourth-order valence-electron chi connectivity index (χ4n) is 0.753. The van der Waals surface area contributed by atoms with Gasteiger partial charge in [0.15, 0.2) is 0 Å². The molecular formula is C7H12O2. The second-order valence-electron chi connectivity index (χ2n) is 2.12. The summed E-state index contributed by atoms with van der Waals surface area (Å²) in [7, 11) is 0. The van der Waals surface area contributed by atoms with Crippen molar-refractivity contribution in [2.75, 3.05) is 6.79 Å². The number of allylic oxidation sites excluding steroid dienone is 1. The molecule has 2 heteroatoms. The normalized spacial score (nSPS) is 16.3. The van der Waals surface area contributed by atoms with Crippen molar-refractivity contribution in [3.63, 3.8) is 0 Å². The van der Waals surface area contributed by atoms with Crippen LogP contribution < -0.4 is 0 Å². The minimum absolute atomic E-state index is 0.416. The number of hydrogen-bond acceptors (Lipinski definition) is 2. The van der Waals surface area contributed by atoms with Crippen LogP contribution in [0.5, 0.6) is 0 Å². The molecule has 52 valence electrons. The van der Waals surface area contributed by atoms with Crippen molar-refractivity contribution in [1.82, 2.24) is 0 Å². The van der Waals surface area contributed by atoms with E-state index in [9.17, 15) is 0 Å². The molecule has 0 aromatic rings. The number of rotatable bonds is 3. The molecule has 0 saturated carbocycles. The average molecular weight is 128 g/mol. The SMILES string of the molecule is CCCCC1=COCO1. The predicted molar refractivity (Wildman–Crippen MR) is 34.6 cm³/mol. The van der Waals surface area contributed by atoms with Crippen molar-refractivity contribution in [1.29, 1.82) is 0 Å². The van der Waals surface area contributed by atoms with Crippen molar-refractivity contribution in [3.8, 4) is 0 Å². The zero-order chi connectivity index (χ0) is 6.53. The lowest BCUT2D eigenvalue weighted by molar-refractivity contribution is 0.0776. The first kappa shape index (κ1) is 6.46. The smallest absolute Gasteiger partial charge is 0.229 e. The highest BCUT2D eigenvalue weighted by molar-refractivity contribution is 4.89. The van der Waals surface area contributed by atoms with Gasteiger partial charge in [-0.15, -0.1) is 0 Å². The first-order valence-corrected chi connectivity index (χ1v) is 3.37. The Hall–Kier alpha value is -0.660. The molecule has 0 N–H and O–H groups in total. The monoisotopic (exact) mass is 128 g/mol. The van der Waals surface area contributed by atoms with E-state index in [0.717, 1.165) is 12.2 Å². The van der Waals surface area contributed by atoms with Gasteiger partial charge in [0.2, 0.25) is 6.79 Å². The van der Waals surface area contributed by atoms with Crippen LogP contribution in [0.15, 0.2) is 12.0 Å². The largest absolute Gasteiger partial charge is 0.462 e. The summed E-state index contributed by atoms with van der Waals surface area (Å²) < 4.78 is 9.96. The van der Waals surface area contributed by atoms with Crippen molar-refractivity contribution in [2.24, 2.45) is 0 Å². The lowest BCUT2D eigenvalue weighted by atomic mass is 10.2. The van der Waals surface area contributed by atoms with Gasteiger partial charge in [0, 0.05) is 6.42 Å². The summed E-state index contributed by atoms with van der Waals surface area (Å²) in [5.74, 6) is 0.997. The highest BCUT2D eigenvalue weighted by atomic mass is 16.7. The number of unbranched alkanes of at least 4 members (excludes halogenated alkanes) is 1. The third-order valence-corrected chi connectivity index (χ3v) is 1.30. The van der Waals surface area contributed by atoms with Crippen molar-refractivity contribution >= 4 is 0 Å². The van der Waals surface area contributed by atoms with E-state index in [-0.39, 0.29) is 0 Å². The van der Waals surface area contributed by atoms with Crippen LogP contribution in [0.25, 0.3) is 0 Å². The minimum Gasteiger partial charge on any atom is -0.462 e. The number of hydrogen-bond donors (Lipinski definition) is 0. The van der Waals surface area contributed by atoms with Crippen molar-refractivity contribution in [3.05, 3.63) is 12.0 Å². The Labute approximate surface area is 55.5 Å². The molecule has 0 unspecified atom stereocenters. The summed E-state index contributed by atoms with van der Waals surface area (Å²) in [4.78, 5) is 0. The molecule has 1 rings (SSSR count). The van der Waals surface area contributed by atoms with Gasteiger partial charge < -0.3 is 9.47 Å². The fourth-order valence-corrected chi connectivity index (χ4v) is 0.753. The first-order chi connectivity index (χ1) is 4.43. The van der Waals surface area contributed by atoms with E-state index >= 15 is 0 Å². The molecule has 1 heterocycles. The van der Waals surface area contributed by atoms with Gasteiger partial charge in [-0.1, -0.05) is 13.3 Å². The quantitative estimate of drug-likeness (QED) is 0.579. The molecule has 0 radical (unpaired) electrons. The van der Waals surface area contributed by atoms with Gasteiger partial charge in [0.25, 0.3) is 0 Å². The Bertz CT molecular complexity index is 107. The molecule has 0 fully saturated rings. The van der Waals surface area contributed by atoms with Crippen LogP contribution in [0, 0.1) is 0 Å². The molecule has 2 nitrogen and oxygen atoms in total. The Balaban J connectivity index is 2.11. The van der Waals surface area contributed by atoms with Gasteiger partial charge >= 0.3 is 0 Å². The lowest BCUT2D eigenvalue weighted by Crippen LogP contribution is -1.84. The maximum Gasteiger partial charge on any atom is 0.229 e. The van der Waals surface area contributed by atoms with Crippen LogP contribution in [0.4, 0.5) is 0 Å². The standard InChI is InChI=1S/C7H12O2/c1-2-3-4-7-5-8-6-9-7/h5H,2-4,6H2,1H3. The van der Waals surface area contributed by atoms with Gasteiger partial charge in [-0.3, -0.25) is 0 Å². The molecule has 0 atom stereocenters. The summed E-state index contributed by atoms with van der Waals surface area (Å²) in [6.45, 7) is 2.58. The number of ether oxygens (including phenoxy) is 2. The summed E-state index contributed by atoms with van der Waals surface area (Å²) in [6.07, 6.45) is 5.13. The molecule has 0 aromatic heterocycles.